The Morgan fingerprint density at radius 2 is 1.75 bits per heavy atom. The van der Waals surface area contributed by atoms with Gasteiger partial charge in [-0.15, -0.1) is 0 Å². The summed E-state index contributed by atoms with van der Waals surface area (Å²) in [6.07, 6.45) is 0.977. The zero-order chi connectivity index (χ0) is 14.4. The standard InChI is InChI=1S/C17H15NO2/c1-2-13-5-9-16(10-6-13)20-12-17(19)15-7-3-14(11-18)4-8-15/h3-10H,2,12H2,1H3. The van der Waals surface area contributed by atoms with Crippen molar-refractivity contribution in [2.24, 2.45) is 0 Å². The largest absolute Gasteiger partial charge is 0.485 e. The van der Waals surface area contributed by atoms with E-state index in [2.05, 4.69) is 6.92 Å². The summed E-state index contributed by atoms with van der Waals surface area (Å²) in [7, 11) is 0. The molecular weight excluding hydrogens is 250 g/mol. The van der Waals surface area contributed by atoms with E-state index < -0.39 is 0 Å². The van der Waals surface area contributed by atoms with E-state index in [0.717, 1.165) is 6.42 Å². The van der Waals surface area contributed by atoms with Gasteiger partial charge in [-0.1, -0.05) is 19.1 Å². The van der Waals surface area contributed by atoms with Gasteiger partial charge in [-0.05, 0) is 48.4 Å². The number of aryl methyl sites for hydroxylation is 1. The van der Waals surface area contributed by atoms with E-state index in [1.54, 1.807) is 24.3 Å². The Bertz CT molecular complexity index is 622. The highest BCUT2D eigenvalue weighted by Gasteiger charge is 2.06. The van der Waals surface area contributed by atoms with E-state index in [9.17, 15) is 4.79 Å². The first-order valence-corrected chi connectivity index (χ1v) is 6.48. The molecule has 0 unspecified atom stereocenters. The number of nitriles is 1. The van der Waals surface area contributed by atoms with Crippen LogP contribution in [-0.4, -0.2) is 12.4 Å². The van der Waals surface area contributed by atoms with Gasteiger partial charge < -0.3 is 4.74 Å². The molecule has 0 heterocycles. The number of ketones is 1. The summed E-state index contributed by atoms with van der Waals surface area (Å²) in [4.78, 5) is 11.9. The maximum atomic E-state index is 11.9. The minimum absolute atomic E-state index is 0.00261. The predicted octanol–water partition coefficient (Wildman–Crippen LogP) is 3.38. The first-order chi connectivity index (χ1) is 9.72. The highest BCUT2D eigenvalue weighted by Crippen LogP contribution is 2.13. The lowest BCUT2D eigenvalue weighted by atomic mass is 10.1. The van der Waals surface area contributed by atoms with E-state index in [-0.39, 0.29) is 12.4 Å². The Hall–Kier alpha value is -2.60. The fourth-order valence-electron chi connectivity index (χ4n) is 1.78. The fraction of sp³-hybridized carbons (Fsp3) is 0.176. The van der Waals surface area contributed by atoms with Crippen LogP contribution in [0.25, 0.3) is 0 Å². The van der Waals surface area contributed by atoms with Crippen molar-refractivity contribution in [2.75, 3.05) is 6.61 Å². The van der Waals surface area contributed by atoms with Gasteiger partial charge in [-0.3, -0.25) is 4.79 Å². The molecule has 0 aliphatic rings. The van der Waals surface area contributed by atoms with Crippen LogP contribution in [0, 0.1) is 11.3 Å². The molecule has 0 aliphatic carbocycles. The number of nitrogens with zero attached hydrogens (tertiary/aromatic N) is 1. The van der Waals surface area contributed by atoms with Crippen LogP contribution in [-0.2, 0) is 6.42 Å². The molecule has 0 N–H and O–H groups in total. The van der Waals surface area contributed by atoms with Crippen molar-refractivity contribution in [3.63, 3.8) is 0 Å². The van der Waals surface area contributed by atoms with Gasteiger partial charge in [0.1, 0.15) is 5.75 Å². The summed E-state index contributed by atoms with van der Waals surface area (Å²) in [5.41, 5.74) is 2.32. The van der Waals surface area contributed by atoms with E-state index in [1.807, 2.05) is 30.3 Å². The van der Waals surface area contributed by atoms with Crippen LogP contribution in [0.4, 0.5) is 0 Å². The summed E-state index contributed by atoms with van der Waals surface area (Å²) in [5, 5.41) is 8.70. The van der Waals surface area contributed by atoms with Crippen LogP contribution in [0.2, 0.25) is 0 Å². The molecular formula is C17H15NO2. The van der Waals surface area contributed by atoms with Crippen molar-refractivity contribution >= 4 is 5.78 Å². The smallest absolute Gasteiger partial charge is 0.200 e. The van der Waals surface area contributed by atoms with Gasteiger partial charge in [-0.2, -0.15) is 5.26 Å². The summed E-state index contributed by atoms with van der Waals surface area (Å²) in [5.74, 6) is 0.582. The zero-order valence-corrected chi connectivity index (χ0v) is 11.3. The molecule has 100 valence electrons. The molecule has 0 fully saturated rings. The number of ether oxygens (including phenoxy) is 1. The molecule has 2 aromatic rings. The second-order valence-corrected chi connectivity index (χ2v) is 4.40. The van der Waals surface area contributed by atoms with E-state index in [0.29, 0.717) is 16.9 Å². The number of carbonyl (C=O) groups excluding carboxylic acids is 1. The zero-order valence-electron chi connectivity index (χ0n) is 11.3. The molecule has 0 aromatic heterocycles. The van der Waals surface area contributed by atoms with Crippen LogP contribution in [0.5, 0.6) is 5.75 Å². The molecule has 3 nitrogen and oxygen atoms in total. The molecule has 0 saturated heterocycles. The third kappa shape index (κ3) is 3.46. The molecule has 0 aliphatic heterocycles. The maximum Gasteiger partial charge on any atom is 0.200 e. The monoisotopic (exact) mass is 265 g/mol. The van der Waals surface area contributed by atoms with Gasteiger partial charge in [-0.25, -0.2) is 0 Å². The van der Waals surface area contributed by atoms with Crippen molar-refractivity contribution in [1.29, 1.82) is 5.26 Å². The minimum Gasteiger partial charge on any atom is -0.485 e. The third-order valence-electron chi connectivity index (χ3n) is 3.04. The highest BCUT2D eigenvalue weighted by molar-refractivity contribution is 5.97. The van der Waals surface area contributed by atoms with Crippen molar-refractivity contribution < 1.29 is 9.53 Å². The van der Waals surface area contributed by atoms with Crippen LogP contribution in [0.1, 0.15) is 28.4 Å². The number of carbonyl (C=O) groups is 1. The van der Waals surface area contributed by atoms with Crippen molar-refractivity contribution in [3.8, 4) is 11.8 Å². The van der Waals surface area contributed by atoms with Crippen molar-refractivity contribution in [3.05, 3.63) is 65.2 Å². The maximum absolute atomic E-state index is 11.9. The topological polar surface area (TPSA) is 50.1 Å². The molecule has 0 atom stereocenters. The molecule has 3 heteroatoms. The number of hydrogen-bond donors (Lipinski definition) is 0. The minimum atomic E-state index is -0.103. The average Bonchev–Trinajstić information content (AvgIpc) is 2.53. The number of hydrogen-bond acceptors (Lipinski definition) is 3. The Kier molecular flexibility index (Phi) is 4.52. The van der Waals surface area contributed by atoms with Crippen LogP contribution < -0.4 is 4.74 Å². The van der Waals surface area contributed by atoms with Crippen molar-refractivity contribution in [1.82, 2.24) is 0 Å². The fourth-order valence-corrected chi connectivity index (χ4v) is 1.78. The normalized spacial score (nSPS) is 9.80. The molecule has 2 rings (SSSR count). The van der Waals surface area contributed by atoms with Gasteiger partial charge in [0.05, 0.1) is 11.6 Å². The summed E-state index contributed by atoms with van der Waals surface area (Å²) >= 11 is 0. The molecule has 2 aromatic carbocycles. The van der Waals surface area contributed by atoms with Gasteiger partial charge in [0, 0.05) is 5.56 Å². The first-order valence-electron chi connectivity index (χ1n) is 6.48. The highest BCUT2D eigenvalue weighted by atomic mass is 16.5. The van der Waals surface area contributed by atoms with E-state index in [4.69, 9.17) is 10.00 Å². The number of rotatable bonds is 5. The van der Waals surface area contributed by atoms with E-state index in [1.165, 1.54) is 5.56 Å². The molecule has 0 spiro atoms. The van der Waals surface area contributed by atoms with Crippen LogP contribution >= 0.6 is 0 Å². The second kappa shape index (κ2) is 6.53. The molecule has 20 heavy (non-hydrogen) atoms. The SMILES string of the molecule is CCc1ccc(OCC(=O)c2ccc(C#N)cc2)cc1. The van der Waals surface area contributed by atoms with Gasteiger partial charge in [0.25, 0.3) is 0 Å². The van der Waals surface area contributed by atoms with Gasteiger partial charge in [0.15, 0.2) is 12.4 Å². The third-order valence-corrected chi connectivity index (χ3v) is 3.04. The Morgan fingerprint density at radius 3 is 2.30 bits per heavy atom. The van der Waals surface area contributed by atoms with E-state index >= 15 is 0 Å². The Labute approximate surface area is 118 Å². The summed E-state index contributed by atoms with van der Waals surface area (Å²) in [6, 6.07) is 16.3. The quantitative estimate of drug-likeness (QED) is 0.779. The lowest BCUT2D eigenvalue weighted by Gasteiger charge is -2.06. The van der Waals surface area contributed by atoms with Gasteiger partial charge >= 0.3 is 0 Å². The second-order valence-electron chi connectivity index (χ2n) is 4.40. The number of benzene rings is 2. The Balaban J connectivity index is 1.95. The first kappa shape index (κ1) is 13.8. The van der Waals surface area contributed by atoms with Crippen LogP contribution in [0.3, 0.4) is 0 Å². The summed E-state index contributed by atoms with van der Waals surface area (Å²) < 4.78 is 5.46. The lowest BCUT2D eigenvalue weighted by molar-refractivity contribution is 0.0921. The lowest BCUT2D eigenvalue weighted by Crippen LogP contribution is -2.11. The van der Waals surface area contributed by atoms with Crippen LogP contribution in [0.15, 0.2) is 48.5 Å². The molecule has 0 bridgehead atoms. The predicted molar refractivity (Wildman–Crippen MR) is 76.8 cm³/mol. The molecule has 0 amide bonds. The van der Waals surface area contributed by atoms with Gasteiger partial charge in [0.2, 0.25) is 0 Å². The number of Topliss-reactive ketones (excluding diaryl/α,β-unsaturated/α-hetero) is 1. The summed E-state index contributed by atoms with van der Waals surface area (Å²) in [6.45, 7) is 2.08. The molecule has 0 radical (unpaired) electrons. The Morgan fingerprint density at radius 1 is 1.10 bits per heavy atom. The van der Waals surface area contributed by atoms with Crippen molar-refractivity contribution in [2.45, 2.75) is 13.3 Å². The average molecular weight is 265 g/mol. The molecule has 0 saturated carbocycles.